The third-order valence-corrected chi connectivity index (χ3v) is 2.44. The fourth-order valence-corrected chi connectivity index (χ4v) is 1.52. The SMILES string of the molecule is COC(=O)c1ccc(Cn2cnc(CO)c2)nc1. The molecule has 1 N–H and O–H groups in total. The summed E-state index contributed by atoms with van der Waals surface area (Å²) in [5, 5.41) is 8.90. The molecule has 0 spiro atoms. The molecule has 0 aliphatic heterocycles. The van der Waals surface area contributed by atoms with Gasteiger partial charge in [0.15, 0.2) is 0 Å². The van der Waals surface area contributed by atoms with Crippen LogP contribution in [0.4, 0.5) is 0 Å². The first-order chi connectivity index (χ1) is 8.72. The number of hydrogen-bond acceptors (Lipinski definition) is 5. The molecule has 0 aliphatic carbocycles. The van der Waals surface area contributed by atoms with Crippen molar-refractivity contribution in [3.63, 3.8) is 0 Å². The number of methoxy groups -OCH3 is 1. The molecule has 94 valence electrons. The van der Waals surface area contributed by atoms with E-state index in [0.29, 0.717) is 17.8 Å². The third-order valence-electron chi connectivity index (χ3n) is 2.44. The number of aliphatic hydroxyl groups excluding tert-OH is 1. The minimum atomic E-state index is -0.403. The Morgan fingerprint density at radius 2 is 2.22 bits per heavy atom. The van der Waals surface area contributed by atoms with Crippen LogP contribution in [0.2, 0.25) is 0 Å². The summed E-state index contributed by atoms with van der Waals surface area (Å²) in [4.78, 5) is 19.4. The van der Waals surface area contributed by atoms with Crippen molar-refractivity contribution in [3.05, 3.63) is 47.8 Å². The molecule has 0 bridgehead atoms. The zero-order valence-electron chi connectivity index (χ0n) is 9.91. The molecule has 6 heteroatoms. The molecule has 18 heavy (non-hydrogen) atoms. The molecule has 0 unspecified atom stereocenters. The number of imidazole rings is 1. The minimum absolute atomic E-state index is 0.0816. The van der Waals surface area contributed by atoms with E-state index in [0.717, 1.165) is 5.69 Å². The lowest BCUT2D eigenvalue weighted by atomic mass is 10.2. The van der Waals surface area contributed by atoms with Crippen LogP contribution in [0.15, 0.2) is 30.9 Å². The molecule has 2 heterocycles. The van der Waals surface area contributed by atoms with Crippen LogP contribution in [-0.4, -0.2) is 32.7 Å². The van der Waals surface area contributed by atoms with Gasteiger partial charge in [-0.25, -0.2) is 9.78 Å². The number of carbonyl (C=O) groups excluding carboxylic acids is 1. The molecule has 0 atom stereocenters. The molecule has 0 saturated heterocycles. The highest BCUT2D eigenvalue weighted by Crippen LogP contribution is 2.05. The topological polar surface area (TPSA) is 77.2 Å². The van der Waals surface area contributed by atoms with Crippen molar-refractivity contribution in [2.24, 2.45) is 0 Å². The summed E-state index contributed by atoms with van der Waals surface area (Å²) in [6, 6.07) is 3.42. The van der Waals surface area contributed by atoms with Crippen molar-refractivity contribution in [1.29, 1.82) is 0 Å². The number of aliphatic hydroxyl groups is 1. The van der Waals surface area contributed by atoms with Crippen LogP contribution in [0.5, 0.6) is 0 Å². The Labute approximate surface area is 104 Å². The Morgan fingerprint density at radius 1 is 1.39 bits per heavy atom. The maximum atomic E-state index is 11.2. The summed E-state index contributed by atoms with van der Waals surface area (Å²) in [6.45, 7) is 0.455. The fraction of sp³-hybridized carbons (Fsp3) is 0.250. The van der Waals surface area contributed by atoms with E-state index in [1.807, 2.05) is 4.57 Å². The van der Waals surface area contributed by atoms with Crippen molar-refractivity contribution in [1.82, 2.24) is 14.5 Å². The van der Waals surface area contributed by atoms with Crippen molar-refractivity contribution in [3.8, 4) is 0 Å². The maximum Gasteiger partial charge on any atom is 0.339 e. The van der Waals surface area contributed by atoms with Crippen LogP contribution in [0, 0.1) is 0 Å². The zero-order chi connectivity index (χ0) is 13.0. The van der Waals surface area contributed by atoms with Gasteiger partial charge in [0.1, 0.15) is 0 Å². The highest BCUT2D eigenvalue weighted by atomic mass is 16.5. The van der Waals surface area contributed by atoms with Crippen LogP contribution >= 0.6 is 0 Å². The summed E-state index contributed by atoms with van der Waals surface area (Å²) >= 11 is 0. The van der Waals surface area contributed by atoms with Crippen molar-refractivity contribution in [2.75, 3.05) is 7.11 Å². The van der Waals surface area contributed by atoms with E-state index in [1.165, 1.54) is 13.3 Å². The summed E-state index contributed by atoms with van der Waals surface area (Å²) in [5.41, 5.74) is 1.83. The summed E-state index contributed by atoms with van der Waals surface area (Å²) in [5.74, 6) is -0.403. The van der Waals surface area contributed by atoms with E-state index in [-0.39, 0.29) is 6.61 Å². The highest BCUT2D eigenvalue weighted by Gasteiger charge is 2.06. The summed E-state index contributed by atoms with van der Waals surface area (Å²) < 4.78 is 6.40. The van der Waals surface area contributed by atoms with E-state index in [1.54, 1.807) is 24.7 Å². The van der Waals surface area contributed by atoms with Crippen LogP contribution < -0.4 is 0 Å². The lowest BCUT2D eigenvalue weighted by Crippen LogP contribution is -2.04. The normalized spacial score (nSPS) is 10.3. The van der Waals surface area contributed by atoms with Crippen molar-refractivity contribution in [2.45, 2.75) is 13.2 Å². The molecule has 0 radical (unpaired) electrons. The molecule has 0 aromatic carbocycles. The van der Waals surface area contributed by atoms with E-state index < -0.39 is 5.97 Å². The van der Waals surface area contributed by atoms with Crippen molar-refractivity contribution >= 4 is 5.97 Å². The molecule has 0 aliphatic rings. The van der Waals surface area contributed by atoms with E-state index in [2.05, 4.69) is 14.7 Å². The first-order valence-electron chi connectivity index (χ1n) is 5.37. The Bertz CT molecular complexity index is 534. The number of aromatic nitrogens is 3. The molecular formula is C12H13N3O3. The number of esters is 1. The minimum Gasteiger partial charge on any atom is -0.465 e. The Hall–Kier alpha value is -2.21. The van der Waals surface area contributed by atoms with Gasteiger partial charge < -0.3 is 14.4 Å². The Morgan fingerprint density at radius 3 is 2.78 bits per heavy atom. The smallest absolute Gasteiger partial charge is 0.339 e. The number of hydrogen-bond donors (Lipinski definition) is 1. The van der Waals surface area contributed by atoms with Gasteiger partial charge in [0.2, 0.25) is 0 Å². The molecule has 0 amide bonds. The second-order valence-corrected chi connectivity index (χ2v) is 3.73. The monoisotopic (exact) mass is 247 g/mol. The van der Waals surface area contributed by atoms with Gasteiger partial charge in [-0.1, -0.05) is 0 Å². The zero-order valence-corrected chi connectivity index (χ0v) is 9.91. The number of carbonyl (C=O) groups is 1. The average Bonchev–Trinajstić information content (AvgIpc) is 2.86. The van der Waals surface area contributed by atoms with Gasteiger partial charge in [0, 0.05) is 12.4 Å². The van der Waals surface area contributed by atoms with E-state index in [4.69, 9.17) is 5.11 Å². The van der Waals surface area contributed by atoms with E-state index >= 15 is 0 Å². The molecule has 2 aromatic rings. The Balaban J connectivity index is 2.08. The van der Waals surface area contributed by atoms with Gasteiger partial charge in [-0.15, -0.1) is 0 Å². The fourth-order valence-electron chi connectivity index (χ4n) is 1.52. The van der Waals surface area contributed by atoms with E-state index in [9.17, 15) is 4.79 Å². The molecule has 6 nitrogen and oxygen atoms in total. The predicted octanol–water partition coefficient (Wildman–Crippen LogP) is 0.605. The molecule has 0 saturated carbocycles. The second-order valence-electron chi connectivity index (χ2n) is 3.73. The lowest BCUT2D eigenvalue weighted by molar-refractivity contribution is 0.0600. The largest absolute Gasteiger partial charge is 0.465 e. The van der Waals surface area contributed by atoms with Gasteiger partial charge in [-0.3, -0.25) is 4.98 Å². The van der Waals surface area contributed by atoms with Gasteiger partial charge in [-0.05, 0) is 12.1 Å². The quantitative estimate of drug-likeness (QED) is 0.801. The number of nitrogens with zero attached hydrogens (tertiary/aromatic N) is 3. The Kier molecular flexibility index (Phi) is 3.69. The third kappa shape index (κ3) is 2.72. The van der Waals surface area contributed by atoms with Crippen LogP contribution in [0.3, 0.4) is 0 Å². The first-order valence-corrected chi connectivity index (χ1v) is 5.37. The highest BCUT2D eigenvalue weighted by molar-refractivity contribution is 5.88. The molecule has 0 fully saturated rings. The molecular weight excluding hydrogens is 234 g/mol. The van der Waals surface area contributed by atoms with Gasteiger partial charge in [0.05, 0.1) is 43.5 Å². The standard InChI is InChI=1S/C12H13N3O3/c1-18-12(17)9-2-3-10(13-4-9)5-15-6-11(7-16)14-8-15/h2-4,6,8,16H,5,7H2,1H3. The lowest BCUT2D eigenvalue weighted by Gasteiger charge is -2.03. The molecule has 2 aromatic heterocycles. The van der Waals surface area contributed by atoms with Gasteiger partial charge in [-0.2, -0.15) is 0 Å². The van der Waals surface area contributed by atoms with Crippen LogP contribution in [0.25, 0.3) is 0 Å². The summed E-state index contributed by atoms with van der Waals surface area (Å²) in [7, 11) is 1.33. The molecule has 2 rings (SSSR count). The first kappa shape index (κ1) is 12.3. The number of pyridine rings is 1. The van der Waals surface area contributed by atoms with Crippen LogP contribution in [0.1, 0.15) is 21.7 Å². The van der Waals surface area contributed by atoms with Crippen LogP contribution in [-0.2, 0) is 17.9 Å². The maximum absolute atomic E-state index is 11.2. The van der Waals surface area contributed by atoms with Gasteiger partial charge in [0.25, 0.3) is 0 Å². The van der Waals surface area contributed by atoms with Gasteiger partial charge >= 0.3 is 5.97 Å². The predicted molar refractivity (Wildman–Crippen MR) is 62.8 cm³/mol. The second kappa shape index (κ2) is 5.42. The van der Waals surface area contributed by atoms with Crippen molar-refractivity contribution < 1.29 is 14.6 Å². The number of rotatable bonds is 4. The summed E-state index contributed by atoms with van der Waals surface area (Å²) in [6.07, 6.45) is 4.85. The number of ether oxygens (including phenoxy) is 1. The average molecular weight is 247 g/mol.